The fourth-order valence-corrected chi connectivity index (χ4v) is 4.42. The van der Waals surface area contributed by atoms with Gasteiger partial charge in [-0.25, -0.2) is 0 Å². The molecule has 3 aromatic carbocycles. The molecule has 228 valence electrons. The summed E-state index contributed by atoms with van der Waals surface area (Å²) in [7, 11) is 0. The predicted molar refractivity (Wildman–Crippen MR) is 143 cm³/mol. The molecule has 0 bridgehead atoms. The molecule has 6 nitrogen and oxygen atoms in total. The van der Waals surface area contributed by atoms with Crippen molar-refractivity contribution in [3.63, 3.8) is 0 Å². The molecule has 0 aliphatic rings. The molecule has 5 N–H and O–H groups in total. The predicted octanol–water partition coefficient (Wildman–Crippen LogP) is 5.43. The summed E-state index contributed by atoms with van der Waals surface area (Å²) >= 11 is 0. The maximum absolute atomic E-state index is 13.1. The lowest BCUT2D eigenvalue weighted by Crippen LogP contribution is -2.43. The Labute approximate surface area is 239 Å². The smallest absolute Gasteiger partial charge is 0.416 e. The Hall–Kier alpha value is -3.61. The second-order valence-electron chi connectivity index (χ2n) is 10.7. The molecule has 0 aromatic heterocycles. The zero-order chi connectivity index (χ0) is 31.3. The monoisotopic (exact) mass is 598 g/mol. The minimum Gasteiger partial charge on any atom is -0.508 e. The average molecular weight is 599 g/mol. The standard InChI is InChI=1S/C30H32F6N2O4/c1-28(2,38-16-26(41)21-6-7-25(40)22(12-21)17-39)14-19-5-3-4-18(8-19)11-27(42)37-15-20-9-23(29(31,32)33)13-24(10-20)30(34,35)36/h3-10,12-13,26,38-41H,11,14-17H2,1-2H3,(H,37,42)/t26-/m1/s1. The molecule has 3 rings (SSSR count). The summed E-state index contributed by atoms with van der Waals surface area (Å²) in [5, 5.41) is 35.3. The fraction of sp³-hybridized carbons (Fsp3) is 0.367. The lowest BCUT2D eigenvalue weighted by molar-refractivity contribution is -0.143. The van der Waals surface area contributed by atoms with E-state index in [0.717, 1.165) is 5.56 Å². The van der Waals surface area contributed by atoms with Gasteiger partial charge in [0, 0.05) is 24.2 Å². The Bertz CT molecular complexity index is 1360. The van der Waals surface area contributed by atoms with Gasteiger partial charge < -0.3 is 26.0 Å². The molecule has 0 saturated heterocycles. The fourth-order valence-electron chi connectivity index (χ4n) is 4.42. The van der Waals surface area contributed by atoms with Crippen molar-refractivity contribution in [1.29, 1.82) is 0 Å². The molecule has 0 aliphatic carbocycles. The van der Waals surface area contributed by atoms with Crippen LogP contribution in [-0.4, -0.2) is 33.3 Å². The summed E-state index contributed by atoms with van der Waals surface area (Å²) in [4.78, 5) is 12.5. The number of hydrogen-bond acceptors (Lipinski definition) is 5. The molecule has 1 atom stereocenters. The van der Waals surface area contributed by atoms with E-state index in [1.165, 1.54) is 12.1 Å². The van der Waals surface area contributed by atoms with Crippen LogP contribution in [0.1, 0.15) is 58.9 Å². The molecule has 0 saturated carbocycles. The van der Waals surface area contributed by atoms with Crippen molar-refractivity contribution in [2.75, 3.05) is 6.54 Å². The number of nitrogens with one attached hydrogen (secondary N) is 2. The summed E-state index contributed by atoms with van der Waals surface area (Å²) in [5.41, 5.74) is -1.45. The zero-order valence-corrected chi connectivity index (χ0v) is 22.9. The Morgan fingerprint density at radius 3 is 2.07 bits per heavy atom. The van der Waals surface area contributed by atoms with Gasteiger partial charge in [0.1, 0.15) is 5.75 Å². The molecular formula is C30H32F6N2O4. The van der Waals surface area contributed by atoms with Crippen LogP contribution in [0.3, 0.4) is 0 Å². The van der Waals surface area contributed by atoms with Crippen LogP contribution >= 0.6 is 0 Å². The third kappa shape index (κ3) is 9.47. The molecule has 1 amide bonds. The number of halogens is 6. The Morgan fingerprint density at radius 2 is 1.48 bits per heavy atom. The highest BCUT2D eigenvalue weighted by Gasteiger charge is 2.36. The van der Waals surface area contributed by atoms with Gasteiger partial charge in [0.05, 0.1) is 30.3 Å². The van der Waals surface area contributed by atoms with Crippen molar-refractivity contribution in [2.45, 2.75) is 63.8 Å². The van der Waals surface area contributed by atoms with Gasteiger partial charge in [0.2, 0.25) is 5.91 Å². The van der Waals surface area contributed by atoms with Crippen molar-refractivity contribution in [3.05, 3.63) is 99.6 Å². The van der Waals surface area contributed by atoms with E-state index >= 15 is 0 Å². The van der Waals surface area contributed by atoms with Crippen LogP contribution in [0.5, 0.6) is 5.75 Å². The van der Waals surface area contributed by atoms with E-state index in [2.05, 4.69) is 10.6 Å². The molecular weight excluding hydrogens is 566 g/mol. The van der Waals surface area contributed by atoms with Crippen LogP contribution in [0.2, 0.25) is 0 Å². The quantitative estimate of drug-likeness (QED) is 0.190. The third-order valence-electron chi connectivity index (χ3n) is 6.57. The molecule has 42 heavy (non-hydrogen) atoms. The number of rotatable bonds is 11. The van der Waals surface area contributed by atoms with Gasteiger partial charge in [0.15, 0.2) is 0 Å². The number of alkyl halides is 6. The van der Waals surface area contributed by atoms with Crippen molar-refractivity contribution < 1.29 is 46.5 Å². The highest BCUT2D eigenvalue weighted by molar-refractivity contribution is 5.78. The van der Waals surface area contributed by atoms with Crippen LogP contribution in [0, 0.1) is 0 Å². The number of amides is 1. The minimum absolute atomic E-state index is 0.0360. The molecule has 0 aliphatic heterocycles. The summed E-state index contributed by atoms with van der Waals surface area (Å²) in [5.74, 6) is -0.642. The number of aliphatic hydroxyl groups excluding tert-OH is 2. The van der Waals surface area contributed by atoms with E-state index in [1.54, 1.807) is 24.3 Å². The van der Waals surface area contributed by atoms with Crippen LogP contribution in [-0.2, 0) is 43.1 Å². The Kier molecular flexibility index (Phi) is 10.3. The van der Waals surface area contributed by atoms with Gasteiger partial charge in [0.25, 0.3) is 0 Å². The third-order valence-corrected chi connectivity index (χ3v) is 6.57. The molecule has 3 aromatic rings. The minimum atomic E-state index is -4.98. The first-order valence-electron chi connectivity index (χ1n) is 13.0. The van der Waals surface area contributed by atoms with E-state index < -0.39 is 47.6 Å². The first kappa shape index (κ1) is 32.9. The Morgan fingerprint density at radius 1 is 0.857 bits per heavy atom. The van der Waals surface area contributed by atoms with Gasteiger partial charge in [-0.2, -0.15) is 26.3 Å². The molecule has 12 heteroatoms. The number of β-amino-alcohol motifs (C(OH)–C–C–N with tert-alkyl or cyclic N) is 1. The molecule has 0 heterocycles. The topological polar surface area (TPSA) is 102 Å². The van der Waals surface area contributed by atoms with Crippen LogP contribution in [0.4, 0.5) is 26.3 Å². The zero-order valence-electron chi connectivity index (χ0n) is 22.9. The first-order valence-corrected chi connectivity index (χ1v) is 13.0. The maximum Gasteiger partial charge on any atom is 0.416 e. The van der Waals surface area contributed by atoms with E-state index in [4.69, 9.17) is 0 Å². The number of carbonyl (C=O) groups is 1. The number of aliphatic hydroxyl groups is 2. The molecule has 0 fully saturated rings. The van der Waals surface area contributed by atoms with Crippen LogP contribution in [0.25, 0.3) is 0 Å². The summed E-state index contributed by atoms with van der Waals surface area (Å²) in [6, 6.07) is 12.7. The normalized spacial score (nSPS) is 13.2. The molecule has 0 radical (unpaired) electrons. The van der Waals surface area contributed by atoms with Gasteiger partial charge >= 0.3 is 12.4 Å². The van der Waals surface area contributed by atoms with E-state index in [0.29, 0.717) is 35.2 Å². The van der Waals surface area contributed by atoms with Crippen molar-refractivity contribution >= 4 is 5.91 Å². The number of benzene rings is 3. The van der Waals surface area contributed by atoms with Crippen molar-refractivity contribution in [3.8, 4) is 5.75 Å². The number of carbonyl (C=O) groups excluding carboxylic acids is 1. The summed E-state index contributed by atoms with van der Waals surface area (Å²) in [6.45, 7) is 3.13. The van der Waals surface area contributed by atoms with E-state index in [9.17, 15) is 46.5 Å². The highest BCUT2D eigenvalue weighted by Crippen LogP contribution is 2.36. The lowest BCUT2D eigenvalue weighted by atomic mass is 9.93. The second kappa shape index (κ2) is 13.1. The van der Waals surface area contributed by atoms with Gasteiger partial charge in [-0.05, 0) is 72.9 Å². The van der Waals surface area contributed by atoms with Crippen LogP contribution in [0.15, 0.2) is 60.7 Å². The summed E-state index contributed by atoms with van der Waals surface area (Å²) in [6.07, 6.45) is -10.5. The van der Waals surface area contributed by atoms with Gasteiger partial charge in [-0.15, -0.1) is 0 Å². The highest BCUT2D eigenvalue weighted by atomic mass is 19.4. The van der Waals surface area contributed by atoms with Crippen LogP contribution < -0.4 is 10.6 Å². The molecule has 0 spiro atoms. The maximum atomic E-state index is 13.1. The molecule has 0 unspecified atom stereocenters. The van der Waals surface area contributed by atoms with Gasteiger partial charge in [-0.3, -0.25) is 4.79 Å². The second-order valence-corrected chi connectivity index (χ2v) is 10.7. The number of aromatic hydroxyl groups is 1. The Balaban J connectivity index is 1.59. The number of phenols is 1. The number of hydrogen-bond donors (Lipinski definition) is 5. The van der Waals surface area contributed by atoms with E-state index in [-0.39, 0.29) is 37.0 Å². The largest absolute Gasteiger partial charge is 0.508 e. The van der Waals surface area contributed by atoms with E-state index in [1.807, 2.05) is 19.9 Å². The van der Waals surface area contributed by atoms with Gasteiger partial charge in [-0.1, -0.05) is 30.3 Å². The van der Waals surface area contributed by atoms with Crippen molar-refractivity contribution in [2.24, 2.45) is 0 Å². The summed E-state index contributed by atoms with van der Waals surface area (Å²) < 4.78 is 78.6. The van der Waals surface area contributed by atoms with Crippen molar-refractivity contribution in [1.82, 2.24) is 10.6 Å². The first-order chi connectivity index (χ1) is 19.5. The lowest BCUT2D eigenvalue weighted by Gasteiger charge is -2.28. The average Bonchev–Trinajstić information content (AvgIpc) is 2.89. The SMILES string of the molecule is CC(C)(Cc1cccc(CC(=O)NCc2cc(C(F)(F)F)cc(C(F)(F)F)c2)c1)NC[C@@H](O)c1ccc(O)c(CO)c1.